The largest absolute Gasteiger partial charge is 0.469 e. The zero-order chi connectivity index (χ0) is 50.4. The number of aliphatic hydroxyl groups excluding tert-OH is 2. The molecule has 1 aromatic rings. The Labute approximate surface area is 421 Å². The van der Waals surface area contributed by atoms with Crippen LogP contribution in [0.4, 0.5) is 0 Å². The smallest absolute Gasteiger partial charge is 0.305 e. The first-order chi connectivity index (χ1) is 33.1. The molecule has 9 aliphatic rings. The highest BCUT2D eigenvalue weighted by Crippen LogP contribution is 2.71. The summed E-state index contributed by atoms with van der Waals surface area (Å²) in [5.41, 5.74) is 7.80. The molecule has 10 nitrogen and oxygen atoms in total. The highest BCUT2D eigenvalue weighted by molar-refractivity contribution is 6.21. The van der Waals surface area contributed by atoms with Gasteiger partial charge in [-0.1, -0.05) is 67.5 Å². The van der Waals surface area contributed by atoms with Gasteiger partial charge < -0.3 is 25.4 Å². The van der Waals surface area contributed by atoms with E-state index in [2.05, 4.69) is 55.4 Å². The molecule has 22 atom stereocenters. The van der Waals surface area contributed by atoms with E-state index in [1.807, 2.05) is 12.1 Å². The molecule has 10 rings (SSSR count). The van der Waals surface area contributed by atoms with Crippen LogP contribution in [0.3, 0.4) is 0 Å². The molecule has 2 amide bonds. The van der Waals surface area contributed by atoms with Gasteiger partial charge >= 0.3 is 11.9 Å². The van der Waals surface area contributed by atoms with Crippen LogP contribution in [0.1, 0.15) is 192 Å². The number of benzene rings is 1. The summed E-state index contributed by atoms with van der Waals surface area (Å²) in [7, 11) is 2.93. The Morgan fingerprint density at radius 1 is 0.643 bits per heavy atom. The first-order valence-corrected chi connectivity index (χ1v) is 28.4. The Bertz CT molecular complexity index is 2090. The Balaban J connectivity index is 0.000000181. The number of aliphatic hydroxyl groups is 2. The molecule has 10 heteroatoms. The van der Waals surface area contributed by atoms with Crippen molar-refractivity contribution < 1.29 is 38.9 Å². The van der Waals surface area contributed by atoms with Crippen molar-refractivity contribution in [1.29, 1.82) is 0 Å². The van der Waals surface area contributed by atoms with E-state index in [9.17, 15) is 29.4 Å². The molecule has 0 radical (unpaired) electrons. The van der Waals surface area contributed by atoms with Crippen LogP contribution in [0.5, 0.6) is 0 Å². The zero-order valence-electron chi connectivity index (χ0n) is 44.8. The third-order valence-electron chi connectivity index (χ3n) is 24.0. The summed E-state index contributed by atoms with van der Waals surface area (Å²) in [5.74, 6) is 7.18. The fourth-order valence-electron chi connectivity index (χ4n) is 20.2. The molecule has 0 bridgehead atoms. The van der Waals surface area contributed by atoms with Crippen LogP contribution in [-0.2, 0) is 19.1 Å². The normalized spacial score (nSPS) is 46.6. The van der Waals surface area contributed by atoms with E-state index in [-0.39, 0.29) is 58.2 Å². The van der Waals surface area contributed by atoms with Crippen LogP contribution in [0, 0.1) is 105 Å². The summed E-state index contributed by atoms with van der Waals surface area (Å²) in [6.45, 7) is 19.2. The topological polar surface area (TPSA) is 156 Å². The van der Waals surface area contributed by atoms with Crippen LogP contribution >= 0.6 is 0 Å². The van der Waals surface area contributed by atoms with Gasteiger partial charge in [0.2, 0.25) is 0 Å². The second-order valence-corrected chi connectivity index (χ2v) is 26.7. The number of hydrogen-bond donors (Lipinski definition) is 3. The SMILES string of the molecule is COC(=O)CCC(C)[C@H]1CCC2C3C(CC(O)[C@@]21C)[C@@]1(C)CCC(N)CC1C[C@H]3C.COC(=O)CCC(C)[C@H]1CCC2C3C(CC(O)[C@@]21C)[C@@]1(C)CCC(N2C(=O)c4ccccc4C2=O)CC1C[C@H]3C. The summed E-state index contributed by atoms with van der Waals surface area (Å²) >= 11 is 0. The maximum absolute atomic E-state index is 13.3. The predicted molar refractivity (Wildman–Crippen MR) is 272 cm³/mol. The number of imide groups is 1. The van der Waals surface area contributed by atoms with Gasteiger partial charge in [0.25, 0.3) is 11.8 Å². The molecular formula is C60H92N2O8. The van der Waals surface area contributed by atoms with Gasteiger partial charge in [-0.05, 0) is 219 Å². The number of esters is 2. The molecule has 390 valence electrons. The van der Waals surface area contributed by atoms with Gasteiger partial charge in [-0.2, -0.15) is 0 Å². The molecule has 0 spiro atoms. The van der Waals surface area contributed by atoms with Crippen molar-refractivity contribution in [2.75, 3.05) is 14.2 Å². The van der Waals surface area contributed by atoms with Gasteiger partial charge in [-0.25, -0.2) is 0 Å². The average molecular weight is 969 g/mol. The van der Waals surface area contributed by atoms with E-state index in [4.69, 9.17) is 15.2 Å². The summed E-state index contributed by atoms with van der Waals surface area (Å²) in [4.78, 5) is 51.7. The van der Waals surface area contributed by atoms with Crippen molar-refractivity contribution in [3.63, 3.8) is 0 Å². The molecule has 4 N–H and O–H groups in total. The maximum atomic E-state index is 13.3. The average Bonchev–Trinajstić information content (AvgIpc) is 3.97. The molecule has 8 saturated carbocycles. The lowest BCUT2D eigenvalue weighted by molar-refractivity contribution is -0.186. The third-order valence-corrected chi connectivity index (χ3v) is 24.0. The van der Waals surface area contributed by atoms with E-state index in [0.29, 0.717) is 101 Å². The van der Waals surface area contributed by atoms with Crippen molar-refractivity contribution in [3.8, 4) is 0 Å². The molecule has 8 aliphatic carbocycles. The van der Waals surface area contributed by atoms with Crippen molar-refractivity contribution in [2.24, 2.45) is 110 Å². The standard InChI is InChI=1S/C34H47NO5.C26H45NO3/c1-19(10-13-29(37)40-5)25-11-12-26-30-20(2)16-21-17-22(35-31(38)23-8-6-7-9-24(23)32(35)39)14-15-33(21,3)27(30)18-28(36)34(25,26)4;1-15(6-9-23(29)30-5)19-7-8-20-24-16(2)12-17-13-18(27)10-11-25(17,3)21(24)14-22(28)26(19,20)4/h6-9,19-22,25-28,30,36H,10-18H2,1-5H3;15-22,24,28H,6-14,27H2,1-5H3/t19?,20-,21?,22?,25-,26?,27?,28?,30?,33+,34-;15?,16-,17?,18?,19-,20?,21?,22?,24?,25+,26-/m11/s1. The van der Waals surface area contributed by atoms with Gasteiger partial charge in [0, 0.05) is 24.9 Å². The van der Waals surface area contributed by atoms with Gasteiger partial charge in [0.05, 0.1) is 37.6 Å². The number of nitrogens with two attached hydrogens (primary N) is 1. The molecular weight excluding hydrogens is 877 g/mol. The van der Waals surface area contributed by atoms with Crippen LogP contribution in [0.25, 0.3) is 0 Å². The Morgan fingerprint density at radius 2 is 1.07 bits per heavy atom. The number of carbonyl (C=O) groups is 4. The molecule has 1 aromatic carbocycles. The van der Waals surface area contributed by atoms with Gasteiger partial charge in [-0.15, -0.1) is 0 Å². The van der Waals surface area contributed by atoms with Crippen molar-refractivity contribution >= 4 is 23.8 Å². The number of rotatable bonds is 9. The Morgan fingerprint density at radius 3 is 1.51 bits per heavy atom. The van der Waals surface area contributed by atoms with Crippen LogP contribution in [0.15, 0.2) is 24.3 Å². The van der Waals surface area contributed by atoms with Crippen molar-refractivity contribution in [2.45, 2.75) is 195 Å². The van der Waals surface area contributed by atoms with Crippen molar-refractivity contribution in [3.05, 3.63) is 35.4 Å². The summed E-state index contributed by atoms with van der Waals surface area (Å²) < 4.78 is 9.77. The summed E-state index contributed by atoms with van der Waals surface area (Å²) in [6.07, 6.45) is 17.3. The molecule has 8 fully saturated rings. The highest BCUT2D eigenvalue weighted by atomic mass is 16.5. The maximum Gasteiger partial charge on any atom is 0.305 e. The van der Waals surface area contributed by atoms with Crippen LogP contribution in [-0.4, -0.2) is 77.4 Å². The molecule has 70 heavy (non-hydrogen) atoms. The fraction of sp³-hybridized carbons (Fsp3) is 0.833. The van der Waals surface area contributed by atoms with E-state index in [1.165, 1.54) is 46.3 Å². The molecule has 1 aliphatic heterocycles. The number of methoxy groups -OCH3 is 2. The second kappa shape index (κ2) is 19.5. The van der Waals surface area contributed by atoms with Gasteiger partial charge in [0.1, 0.15) is 0 Å². The van der Waals surface area contributed by atoms with E-state index < -0.39 is 0 Å². The highest BCUT2D eigenvalue weighted by Gasteiger charge is 2.67. The number of fused-ring (bicyclic) bond motifs is 11. The number of amides is 2. The minimum Gasteiger partial charge on any atom is -0.469 e. The lowest BCUT2D eigenvalue weighted by atomic mass is 9.41. The molecule has 0 saturated heterocycles. The Kier molecular flexibility index (Phi) is 14.5. The minimum absolute atomic E-state index is 0.0147. The molecule has 0 aromatic heterocycles. The zero-order valence-corrected chi connectivity index (χ0v) is 44.8. The second-order valence-electron chi connectivity index (χ2n) is 26.7. The number of nitrogens with zero attached hydrogens (tertiary/aromatic N) is 1. The van der Waals surface area contributed by atoms with E-state index in [0.717, 1.165) is 88.4 Å². The lowest BCUT2D eigenvalue weighted by Gasteiger charge is -2.64. The first kappa shape index (κ1) is 52.1. The van der Waals surface area contributed by atoms with E-state index in [1.54, 1.807) is 17.0 Å². The van der Waals surface area contributed by atoms with Crippen LogP contribution in [0.2, 0.25) is 0 Å². The molecule has 1 heterocycles. The lowest BCUT2D eigenvalue weighted by Crippen LogP contribution is -2.61. The minimum atomic E-state index is -0.344. The predicted octanol–water partition coefficient (Wildman–Crippen LogP) is 10.9. The third kappa shape index (κ3) is 8.27. The monoisotopic (exact) mass is 969 g/mol. The van der Waals surface area contributed by atoms with Crippen LogP contribution < -0.4 is 5.73 Å². The molecule has 14 unspecified atom stereocenters. The van der Waals surface area contributed by atoms with E-state index >= 15 is 0 Å². The Hall–Kier alpha value is -2.82. The summed E-state index contributed by atoms with van der Waals surface area (Å²) in [5, 5.41) is 23.6. The van der Waals surface area contributed by atoms with Gasteiger partial charge in [0.15, 0.2) is 0 Å². The fourth-order valence-corrected chi connectivity index (χ4v) is 20.2. The number of carbonyl (C=O) groups excluding carboxylic acids is 4. The first-order valence-electron chi connectivity index (χ1n) is 28.4. The van der Waals surface area contributed by atoms with Gasteiger partial charge in [-0.3, -0.25) is 24.1 Å². The summed E-state index contributed by atoms with van der Waals surface area (Å²) in [6, 6.07) is 7.56. The number of hydrogen-bond acceptors (Lipinski definition) is 9. The quantitative estimate of drug-likeness (QED) is 0.162. The number of ether oxygens (including phenoxy) is 2. The van der Waals surface area contributed by atoms with Crippen molar-refractivity contribution in [1.82, 2.24) is 4.90 Å².